The summed E-state index contributed by atoms with van der Waals surface area (Å²) in [5, 5.41) is 2.38. The summed E-state index contributed by atoms with van der Waals surface area (Å²) < 4.78 is 9.64. The van der Waals surface area contributed by atoms with Crippen molar-refractivity contribution in [2.24, 2.45) is 0 Å². The Hall–Kier alpha value is -3.10. The zero-order valence-corrected chi connectivity index (χ0v) is 13.3. The van der Waals surface area contributed by atoms with Crippen molar-refractivity contribution in [1.29, 1.82) is 0 Å². The number of hydrogen-bond acceptors (Lipinski definition) is 6. The first-order chi connectivity index (χ1) is 12.0. The molecule has 1 aromatic rings. The maximum absolute atomic E-state index is 12.0. The van der Waals surface area contributed by atoms with Crippen molar-refractivity contribution in [2.45, 2.75) is 12.6 Å². The van der Waals surface area contributed by atoms with Gasteiger partial charge in [0.05, 0.1) is 6.04 Å². The summed E-state index contributed by atoms with van der Waals surface area (Å²) >= 11 is 0. The molecule has 25 heavy (non-hydrogen) atoms. The molecule has 1 aromatic carbocycles. The highest BCUT2D eigenvalue weighted by Gasteiger charge is 2.44. The number of nitrogens with one attached hydrogen (secondary N) is 1. The van der Waals surface area contributed by atoms with E-state index in [1.807, 2.05) is 30.3 Å². The minimum absolute atomic E-state index is 0.117. The van der Waals surface area contributed by atoms with Crippen molar-refractivity contribution in [2.75, 3.05) is 26.2 Å². The van der Waals surface area contributed by atoms with E-state index in [1.165, 1.54) is 4.90 Å². The molecule has 1 N–H and O–H groups in total. The molecule has 2 aliphatic heterocycles. The Balaban J connectivity index is 1.35. The molecule has 2 saturated heterocycles. The van der Waals surface area contributed by atoms with Crippen LogP contribution >= 0.6 is 0 Å². The number of likely N-dealkylation sites (tertiary alicyclic amines) is 1. The molecule has 0 atom stereocenters. The molecule has 0 aliphatic carbocycles. The Labute approximate surface area is 143 Å². The van der Waals surface area contributed by atoms with Gasteiger partial charge in [-0.2, -0.15) is 0 Å². The van der Waals surface area contributed by atoms with Crippen LogP contribution in [0, 0.1) is 0 Å². The molecule has 4 amide bonds. The van der Waals surface area contributed by atoms with Gasteiger partial charge in [-0.15, -0.1) is 0 Å². The molecule has 0 radical (unpaired) electrons. The molecule has 0 bridgehead atoms. The third kappa shape index (κ3) is 3.87. The standard InChI is InChI=1S/C16H17N3O6/c20-13(6-17-15(22)24-9-11-4-2-1-3-5-11)18-7-12(8-18)19-14(21)10-25-16(19)23/h1-5,12H,6-10H2,(H,17,22). The zero-order valence-electron chi connectivity index (χ0n) is 13.3. The lowest BCUT2D eigenvalue weighted by molar-refractivity contribution is -0.141. The minimum Gasteiger partial charge on any atom is -0.445 e. The Morgan fingerprint density at radius 1 is 1.20 bits per heavy atom. The second-order valence-electron chi connectivity index (χ2n) is 5.69. The first-order valence-corrected chi connectivity index (χ1v) is 7.75. The van der Waals surface area contributed by atoms with Gasteiger partial charge in [-0.3, -0.25) is 9.59 Å². The van der Waals surface area contributed by atoms with E-state index in [-0.39, 0.29) is 44.8 Å². The van der Waals surface area contributed by atoms with Gasteiger partial charge in [0.15, 0.2) is 6.61 Å². The third-order valence-corrected chi connectivity index (χ3v) is 3.96. The third-order valence-electron chi connectivity index (χ3n) is 3.96. The van der Waals surface area contributed by atoms with E-state index in [0.717, 1.165) is 10.5 Å². The number of carbonyl (C=O) groups excluding carboxylic acids is 4. The number of carbonyl (C=O) groups is 4. The molecular weight excluding hydrogens is 330 g/mol. The summed E-state index contributed by atoms with van der Waals surface area (Å²) in [7, 11) is 0. The SMILES string of the molecule is O=C(NCC(=O)N1CC(N2C(=O)COC2=O)C1)OCc1ccccc1. The average Bonchev–Trinajstić information content (AvgIpc) is 2.90. The van der Waals surface area contributed by atoms with Gasteiger partial charge < -0.3 is 19.7 Å². The van der Waals surface area contributed by atoms with Crippen LogP contribution in [0.25, 0.3) is 0 Å². The number of imide groups is 1. The van der Waals surface area contributed by atoms with Crippen LogP contribution in [0.15, 0.2) is 30.3 Å². The first-order valence-electron chi connectivity index (χ1n) is 7.75. The molecule has 0 unspecified atom stereocenters. The van der Waals surface area contributed by atoms with E-state index in [0.29, 0.717) is 0 Å². The predicted molar refractivity (Wildman–Crippen MR) is 83.2 cm³/mol. The Morgan fingerprint density at radius 2 is 1.92 bits per heavy atom. The highest BCUT2D eigenvalue weighted by Crippen LogP contribution is 2.19. The quantitative estimate of drug-likeness (QED) is 0.810. The minimum atomic E-state index is -0.687. The molecule has 2 heterocycles. The molecule has 0 saturated carbocycles. The fourth-order valence-corrected chi connectivity index (χ4v) is 2.57. The lowest BCUT2D eigenvalue weighted by Gasteiger charge is -2.41. The van der Waals surface area contributed by atoms with E-state index in [4.69, 9.17) is 4.74 Å². The Kier molecular flexibility index (Phi) is 4.82. The van der Waals surface area contributed by atoms with E-state index in [9.17, 15) is 19.2 Å². The highest BCUT2D eigenvalue weighted by atomic mass is 16.6. The molecule has 9 heteroatoms. The van der Waals surface area contributed by atoms with Crippen molar-refractivity contribution < 1.29 is 28.7 Å². The largest absolute Gasteiger partial charge is 0.445 e. The number of benzene rings is 1. The highest BCUT2D eigenvalue weighted by molar-refractivity contribution is 5.98. The van der Waals surface area contributed by atoms with Crippen molar-refractivity contribution in [3.63, 3.8) is 0 Å². The maximum Gasteiger partial charge on any atom is 0.417 e. The molecule has 0 spiro atoms. The topological polar surface area (TPSA) is 105 Å². The van der Waals surface area contributed by atoms with Gasteiger partial charge in [0.2, 0.25) is 5.91 Å². The van der Waals surface area contributed by atoms with E-state index in [2.05, 4.69) is 10.1 Å². The predicted octanol–water partition coefficient (Wildman–Crippen LogP) is 0.102. The summed E-state index contributed by atoms with van der Waals surface area (Å²) in [6.45, 7) is 0.128. The zero-order chi connectivity index (χ0) is 17.8. The van der Waals surface area contributed by atoms with Gasteiger partial charge in [0.1, 0.15) is 13.2 Å². The Bertz CT molecular complexity index is 670. The monoisotopic (exact) mass is 347 g/mol. The number of hydrogen-bond donors (Lipinski definition) is 1. The lowest BCUT2D eigenvalue weighted by Crippen LogP contribution is -2.63. The van der Waals surface area contributed by atoms with Gasteiger partial charge in [-0.05, 0) is 5.56 Å². The van der Waals surface area contributed by atoms with Gasteiger partial charge in [-0.1, -0.05) is 30.3 Å². The van der Waals surface area contributed by atoms with Crippen LogP contribution in [0.1, 0.15) is 5.56 Å². The van der Waals surface area contributed by atoms with E-state index < -0.39 is 18.1 Å². The average molecular weight is 347 g/mol. The van der Waals surface area contributed by atoms with Crippen molar-refractivity contribution in [1.82, 2.24) is 15.1 Å². The number of alkyl carbamates (subject to hydrolysis) is 1. The number of cyclic esters (lactones) is 1. The van der Waals surface area contributed by atoms with Crippen LogP contribution < -0.4 is 5.32 Å². The van der Waals surface area contributed by atoms with Crippen LogP contribution in [0.5, 0.6) is 0 Å². The Morgan fingerprint density at radius 3 is 2.56 bits per heavy atom. The lowest BCUT2D eigenvalue weighted by atomic mass is 10.1. The summed E-state index contributed by atoms with van der Waals surface area (Å²) in [5.41, 5.74) is 0.844. The first kappa shape index (κ1) is 16.7. The van der Waals surface area contributed by atoms with Crippen LogP contribution in [-0.4, -0.2) is 66.1 Å². The van der Waals surface area contributed by atoms with E-state index >= 15 is 0 Å². The van der Waals surface area contributed by atoms with Gasteiger partial charge in [0, 0.05) is 13.1 Å². The summed E-state index contributed by atoms with van der Waals surface area (Å²) in [6.07, 6.45) is -1.36. The van der Waals surface area contributed by atoms with Crippen molar-refractivity contribution in [3.05, 3.63) is 35.9 Å². The number of amides is 4. The van der Waals surface area contributed by atoms with Gasteiger partial charge in [-0.25, -0.2) is 14.5 Å². The molecular formula is C16H17N3O6. The van der Waals surface area contributed by atoms with Crippen LogP contribution in [0.4, 0.5) is 9.59 Å². The fraction of sp³-hybridized carbons (Fsp3) is 0.375. The second kappa shape index (κ2) is 7.20. The molecule has 0 aromatic heterocycles. The maximum atomic E-state index is 12.0. The fourth-order valence-electron chi connectivity index (χ4n) is 2.57. The van der Waals surface area contributed by atoms with Crippen molar-refractivity contribution in [3.8, 4) is 0 Å². The number of ether oxygens (including phenoxy) is 2. The summed E-state index contributed by atoms with van der Waals surface area (Å²) in [4.78, 5) is 48.9. The van der Waals surface area contributed by atoms with Crippen molar-refractivity contribution >= 4 is 24.0 Å². The summed E-state index contributed by atoms with van der Waals surface area (Å²) in [5.74, 6) is -0.711. The summed E-state index contributed by atoms with van der Waals surface area (Å²) in [6, 6.07) is 8.81. The molecule has 2 fully saturated rings. The van der Waals surface area contributed by atoms with Gasteiger partial charge in [0.25, 0.3) is 5.91 Å². The number of nitrogens with zero attached hydrogens (tertiary/aromatic N) is 2. The van der Waals surface area contributed by atoms with Crippen LogP contribution in [0.3, 0.4) is 0 Å². The molecule has 3 rings (SSSR count). The second-order valence-corrected chi connectivity index (χ2v) is 5.69. The molecule has 132 valence electrons. The van der Waals surface area contributed by atoms with Crippen LogP contribution in [0.2, 0.25) is 0 Å². The molecule has 9 nitrogen and oxygen atoms in total. The van der Waals surface area contributed by atoms with Gasteiger partial charge >= 0.3 is 12.2 Å². The molecule has 2 aliphatic rings. The normalized spacial score (nSPS) is 17.1. The van der Waals surface area contributed by atoms with Crippen LogP contribution in [-0.2, 0) is 25.7 Å². The number of rotatable bonds is 5. The smallest absolute Gasteiger partial charge is 0.417 e. The van der Waals surface area contributed by atoms with E-state index in [1.54, 1.807) is 0 Å².